The summed E-state index contributed by atoms with van der Waals surface area (Å²) in [5.74, 6) is -1.43. The second-order valence-corrected chi connectivity index (χ2v) is 11.8. The number of nitrogens with one attached hydrogen (secondary N) is 1. The summed E-state index contributed by atoms with van der Waals surface area (Å²) in [6, 6.07) is 14.6. The van der Waals surface area contributed by atoms with Crippen molar-refractivity contribution >= 4 is 39.1 Å². The number of fused-ring (bicyclic) bond motifs is 1. The molecule has 3 amide bonds. The van der Waals surface area contributed by atoms with E-state index in [2.05, 4.69) is 5.32 Å². The van der Waals surface area contributed by atoms with E-state index in [4.69, 9.17) is 0 Å². The molecule has 0 radical (unpaired) electrons. The van der Waals surface area contributed by atoms with Crippen molar-refractivity contribution in [3.63, 3.8) is 0 Å². The average Bonchev–Trinajstić information content (AvgIpc) is 3.16. The van der Waals surface area contributed by atoms with Gasteiger partial charge in [-0.1, -0.05) is 24.6 Å². The van der Waals surface area contributed by atoms with E-state index >= 15 is 0 Å². The Morgan fingerprint density at radius 1 is 0.789 bits per heavy atom. The van der Waals surface area contributed by atoms with Gasteiger partial charge in [0.05, 0.1) is 21.7 Å². The van der Waals surface area contributed by atoms with E-state index in [0.29, 0.717) is 30.0 Å². The lowest BCUT2D eigenvalue weighted by molar-refractivity contribution is 0.0925. The van der Waals surface area contributed by atoms with Crippen molar-refractivity contribution in [1.82, 2.24) is 4.31 Å². The molecule has 0 saturated carbocycles. The summed E-state index contributed by atoms with van der Waals surface area (Å²) >= 11 is 0. The topological polar surface area (TPSA) is 104 Å². The van der Waals surface area contributed by atoms with E-state index in [1.807, 2.05) is 26.0 Å². The SMILES string of the molecule is Cc1ccc(C)c(N2C(=O)c3ccc(C(=O)Nc4cc(S(=O)(=O)N5CCCCC5)ccc4C)cc3C2=O)c1. The summed E-state index contributed by atoms with van der Waals surface area (Å²) in [7, 11) is -3.67. The standard InChI is InChI=1S/C29H29N3O5S/c1-18-7-8-20(3)26(15-18)32-28(34)23-12-10-21(16-24(23)29(32)35)27(33)30-25-17-22(11-9-19(25)2)38(36,37)31-13-5-4-6-14-31/h7-12,15-17H,4-6,13-14H2,1-3H3,(H,30,33). The number of anilines is 2. The monoisotopic (exact) mass is 531 g/mol. The minimum absolute atomic E-state index is 0.124. The molecule has 3 aromatic carbocycles. The van der Waals surface area contributed by atoms with Gasteiger partial charge in [-0.3, -0.25) is 14.4 Å². The lowest BCUT2D eigenvalue weighted by atomic mass is 10.0. The molecular formula is C29H29N3O5S. The van der Waals surface area contributed by atoms with Crippen molar-refractivity contribution in [3.8, 4) is 0 Å². The molecule has 1 N–H and O–H groups in total. The van der Waals surface area contributed by atoms with Gasteiger partial charge in [0, 0.05) is 24.3 Å². The maximum Gasteiger partial charge on any atom is 0.266 e. The maximum absolute atomic E-state index is 13.3. The molecule has 3 aromatic rings. The number of imide groups is 1. The molecule has 8 nitrogen and oxygen atoms in total. The average molecular weight is 532 g/mol. The van der Waals surface area contributed by atoms with Crippen molar-refractivity contribution in [2.75, 3.05) is 23.3 Å². The van der Waals surface area contributed by atoms with Crippen molar-refractivity contribution in [1.29, 1.82) is 0 Å². The summed E-state index contributed by atoms with van der Waals surface area (Å²) in [4.78, 5) is 40.8. The minimum atomic E-state index is -3.67. The van der Waals surface area contributed by atoms with Gasteiger partial charge >= 0.3 is 0 Å². The zero-order chi connectivity index (χ0) is 27.2. The Hall–Kier alpha value is -3.82. The number of hydrogen-bond donors (Lipinski definition) is 1. The van der Waals surface area contributed by atoms with Crippen LogP contribution in [0.3, 0.4) is 0 Å². The predicted molar refractivity (Wildman–Crippen MR) is 145 cm³/mol. The van der Waals surface area contributed by atoms with Crippen LogP contribution in [-0.2, 0) is 10.0 Å². The number of carbonyl (C=O) groups is 3. The molecule has 0 bridgehead atoms. The quantitative estimate of drug-likeness (QED) is 0.475. The minimum Gasteiger partial charge on any atom is -0.322 e. The summed E-state index contributed by atoms with van der Waals surface area (Å²) in [6.07, 6.45) is 2.67. The zero-order valence-electron chi connectivity index (χ0n) is 21.6. The zero-order valence-corrected chi connectivity index (χ0v) is 22.4. The molecule has 5 rings (SSSR count). The first-order chi connectivity index (χ1) is 18.1. The highest BCUT2D eigenvalue weighted by Crippen LogP contribution is 2.32. The summed E-state index contributed by atoms with van der Waals surface area (Å²) in [5.41, 5.74) is 3.87. The van der Waals surface area contributed by atoms with Crippen LogP contribution in [0.5, 0.6) is 0 Å². The fraction of sp³-hybridized carbons (Fsp3) is 0.276. The lowest BCUT2D eigenvalue weighted by Gasteiger charge is -2.26. The molecule has 0 spiro atoms. The highest BCUT2D eigenvalue weighted by molar-refractivity contribution is 7.89. The number of carbonyl (C=O) groups excluding carboxylic acids is 3. The van der Waals surface area contributed by atoms with Gasteiger partial charge in [0.25, 0.3) is 17.7 Å². The molecule has 9 heteroatoms. The number of rotatable bonds is 5. The molecule has 0 unspecified atom stereocenters. The van der Waals surface area contributed by atoms with Crippen LogP contribution in [0.1, 0.15) is 67.0 Å². The van der Waals surface area contributed by atoms with Gasteiger partial charge in [-0.05, 0) is 86.7 Å². The highest BCUT2D eigenvalue weighted by atomic mass is 32.2. The van der Waals surface area contributed by atoms with E-state index in [9.17, 15) is 22.8 Å². The second kappa shape index (κ2) is 9.81. The maximum atomic E-state index is 13.3. The lowest BCUT2D eigenvalue weighted by Crippen LogP contribution is -2.35. The van der Waals surface area contributed by atoms with Gasteiger partial charge in [0.1, 0.15) is 0 Å². The third-order valence-corrected chi connectivity index (χ3v) is 9.06. The van der Waals surface area contributed by atoms with Crippen LogP contribution in [0.15, 0.2) is 59.5 Å². The van der Waals surface area contributed by atoms with Crippen LogP contribution < -0.4 is 10.2 Å². The molecule has 38 heavy (non-hydrogen) atoms. The molecule has 2 aliphatic rings. The molecule has 1 saturated heterocycles. The van der Waals surface area contributed by atoms with Gasteiger partial charge in [0.15, 0.2) is 0 Å². The van der Waals surface area contributed by atoms with E-state index in [1.165, 1.54) is 28.6 Å². The Morgan fingerprint density at radius 3 is 2.21 bits per heavy atom. The summed E-state index contributed by atoms with van der Waals surface area (Å²) in [6.45, 7) is 6.47. The number of hydrogen-bond acceptors (Lipinski definition) is 5. The molecule has 1 fully saturated rings. The van der Waals surface area contributed by atoms with E-state index in [1.54, 1.807) is 25.1 Å². The smallest absolute Gasteiger partial charge is 0.266 e. The molecule has 0 atom stereocenters. The molecule has 0 aromatic heterocycles. The molecular weight excluding hydrogens is 502 g/mol. The van der Waals surface area contributed by atoms with Crippen LogP contribution >= 0.6 is 0 Å². The predicted octanol–water partition coefficient (Wildman–Crippen LogP) is 4.84. The van der Waals surface area contributed by atoms with E-state index < -0.39 is 27.7 Å². The molecule has 0 aliphatic carbocycles. The van der Waals surface area contributed by atoms with Crippen molar-refractivity contribution in [2.24, 2.45) is 0 Å². The summed E-state index contributed by atoms with van der Waals surface area (Å²) < 4.78 is 27.8. The van der Waals surface area contributed by atoms with Crippen molar-refractivity contribution < 1.29 is 22.8 Å². The number of sulfonamides is 1. The third-order valence-electron chi connectivity index (χ3n) is 7.16. The fourth-order valence-corrected chi connectivity index (χ4v) is 6.45. The fourth-order valence-electron chi connectivity index (χ4n) is 4.91. The summed E-state index contributed by atoms with van der Waals surface area (Å²) in [5, 5.41) is 2.79. The van der Waals surface area contributed by atoms with Crippen LogP contribution in [0.4, 0.5) is 11.4 Å². The number of piperidine rings is 1. The normalized spacial score (nSPS) is 16.0. The first-order valence-corrected chi connectivity index (χ1v) is 14.0. The first kappa shape index (κ1) is 25.8. The van der Waals surface area contributed by atoms with Crippen LogP contribution in [0.2, 0.25) is 0 Å². The Kier molecular flexibility index (Phi) is 6.66. The Morgan fingerprint density at radius 2 is 1.47 bits per heavy atom. The van der Waals surface area contributed by atoms with Crippen molar-refractivity contribution in [3.05, 3.63) is 88.0 Å². The number of aryl methyl sites for hydroxylation is 3. The Bertz CT molecular complexity index is 1590. The largest absolute Gasteiger partial charge is 0.322 e. The first-order valence-electron chi connectivity index (χ1n) is 12.6. The van der Waals surface area contributed by atoms with E-state index in [0.717, 1.165) is 35.3 Å². The number of nitrogens with zero attached hydrogens (tertiary/aromatic N) is 2. The Balaban J connectivity index is 1.41. The van der Waals surface area contributed by atoms with Crippen LogP contribution in [0.25, 0.3) is 0 Å². The highest BCUT2D eigenvalue weighted by Gasteiger charge is 2.38. The van der Waals surface area contributed by atoms with Gasteiger partial charge in [0.2, 0.25) is 10.0 Å². The number of benzene rings is 3. The van der Waals surface area contributed by atoms with E-state index in [-0.39, 0.29) is 21.6 Å². The van der Waals surface area contributed by atoms with Gasteiger partial charge < -0.3 is 5.32 Å². The molecule has 196 valence electrons. The van der Waals surface area contributed by atoms with Crippen LogP contribution in [-0.4, -0.2) is 43.5 Å². The van der Waals surface area contributed by atoms with Gasteiger partial charge in [-0.2, -0.15) is 4.31 Å². The molecule has 2 aliphatic heterocycles. The van der Waals surface area contributed by atoms with Gasteiger partial charge in [-0.15, -0.1) is 0 Å². The second-order valence-electron chi connectivity index (χ2n) is 9.89. The third kappa shape index (κ3) is 4.52. The van der Waals surface area contributed by atoms with Crippen molar-refractivity contribution in [2.45, 2.75) is 44.9 Å². The van der Waals surface area contributed by atoms with Gasteiger partial charge in [-0.25, -0.2) is 13.3 Å². The Labute approximate surface area is 222 Å². The molecule has 2 heterocycles. The van der Waals surface area contributed by atoms with Crippen LogP contribution in [0, 0.1) is 20.8 Å². The number of amides is 3.